The van der Waals surface area contributed by atoms with Gasteiger partial charge in [0.05, 0.1) is 19.3 Å². The molecule has 1 aromatic heterocycles. The van der Waals surface area contributed by atoms with Crippen molar-refractivity contribution in [3.63, 3.8) is 0 Å². The number of carbonyl (C=O) groups excluding carboxylic acids is 2. The number of quaternary nitrogens is 1. The highest BCUT2D eigenvalue weighted by Gasteiger charge is 2.17. The van der Waals surface area contributed by atoms with Crippen LogP contribution in [-0.2, 0) is 27.2 Å². The molecule has 3 rings (SSSR count). The van der Waals surface area contributed by atoms with Crippen molar-refractivity contribution in [3.8, 4) is 5.75 Å². The fourth-order valence-corrected chi connectivity index (χ4v) is 3.73. The second-order valence-corrected chi connectivity index (χ2v) is 7.69. The second-order valence-electron chi connectivity index (χ2n) is 7.69. The molecule has 0 radical (unpaired) electrons. The SMILES string of the molecule is CCOC(=O)CCc1c(C)c2cc(C[NH2+]c3ccc(C(=O)OC)cc3)c([O-])c(C)c2oc1=O. The number of hydrogen-bond donors (Lipinski definition) is 1. The lowest BCUT2D eigenvalue weighted by Gasteiger charge is -2.19. The lowest BCUT2D eigenvalue weighted by Crippen LogP contribution is -2.76. The van der Waals surface area contributed by atoms with Gasteiger partial charge in [-0.2, -0.15) is 0 Å². The smallest absolute Gasteiger partial charge is 0.339 e. The number of aryl methyl sites for hydroxylation is 2. The zero-order valence-electron chi connectivity index (χ0n) is 19.2. The van der Waals surface area contributed by atoms with Crippen molar-refractivity contribution >= 4 is 28.6 Å². The summed E-state index contributed by atoms with van der Waals surface area (Å²) in [6.45, 7) is 5.80. The van der Waals surface area contributed by atoms with E-state index < -0.39 is 11.6 Å². The van der Waals surface area contributed by atoms with Crippen LogP contribution in [0.1, 0.15) is 46.0 Å². The molecule has 174 valence electrons. The van der Waals surface area contributed by atoms with Crippen molar-refractivity contribution in [2.75, 3.05) is 13.7 Å². The van der Waals surface area contributed by atoms with E-state index in [1.165, 1.54) is 7.11 Å². The zero-order valence-corrected chi connectivity index (χ0v) is 19.2. The highest BCUT2D eigenvalue weighted by molar-refractivity contribution is 5.89. The Labute approximate surface area is 191 Å². The first kappa shape index (κ1) is 24.0. The summed E-state index contributed by atoms with van der Waals surface area (Å²) in [5.41, 5.74) is 3.05. The predicted octanol–water partition coefficient (Wildman–Crippen LogP) is 2.16. The van der Waals surface area contributed by atoms with Crippen LogP contribution in [0.15, 0.2) is 39.5 Å². The molecule has 0 atom stereocenters. The fraction of sp³-hybridized carbons (Fsp3) is 0.320. The first-order valence-corrected chi connectivity index (χ1v) is 10.7. The Hall–Kier alpha value is -3.65. The molecule has 8 nitrogen and oxygen atoms in total. The number of fused-ring (bicyclic) bond motifs is 1. The van der Waals surface area contributed by atoms with E-state index >= 15 is 0 Å². The summed E-state index contributed by atoms with van der Waals surface area (Å²) in [5.74, 6) is -0.980. The minimum absolute atomic E-state index is 0.0752. The maximum absolute atomic E-state index is 12.9. The Bertz CT molecular complexity index is 1240. The minimum Gasteiger partial charge on any atom is -0.872 e. The van der Waals surface area contributed by atoms with E-state index in [0.29, 0.717) is 39.7 Å². The van der Waals surface area contributed by atoms with E-state index in [9.17, 15) is 19.5 Å². The van der Waals surface area contributed by atoms with Crippen LogP contribution in [0.25, 0.3) is 11.0 Å². The van der Waals surface area contributed by atoms with Crippen molar-refractivity contribution in [2.45, 2.75) is 40.2 Å². The number of ether oxygens (including phenoxy) is 2. The second kappa shape index (κ2) is 10.3. The molecule has 0 aliphatic rings. The molecule has 0 saturated heterocycles. The minimum atomic E-state index is -0.545. The number of rotatable bonds is 8. The van der Waals surface area contributed by atoms with Crippen molar-refractivity contribution in [3.05, 3.63) is 68.6 Å². The van der Waals surface area contributed by atoms with E-state index in [-0.39, 0.29) is 36.8 Å². The summed E-state index contributed by atoms with van der Waals surface area (Å²) in [5, 5.41) is 15.4. The molecule has 2 N–H and O–H groups in total. The molecule has 1 heterocycles. The molecule has 0 aliphatic carbocycles. The fourth-order valence-electron chi connectivity index (χ4n) is 3.73. The lowest BCUT2D eigenvalue weighted by atomic mass is 9.97. The molecule has 0 aliphatic heterocycles. The van der Waals surface area contributed by atoms with Gasteiger partial charge in [-0.3, -0.25) is 4.79 Å². The first-order valence-electron chi connectivity index (χ1n) is 10.7. The summed E-state index contributed by atoms with van der Waals surface area (Å²) < 4.78 is 15.1. The normalized spacial score (nSPS) is 10.9. The molecule has 2 aromatic carbocycles. The molecule has 3 aromatic rings. The highest BCUT2D eigenvalue weighted by atomic mass is 16.5. The number of esters is 2. The first-order chi connectivity index (χ1) is 15.8. The van der Waals surface area contributed by atoms with Crippen LogP contribution < -0.4 is 16.0 Å². The van der Waals surface area contributed by atoms with Crippen LogP contribution in [-0.4, -0.2) is 25.7 Å². The number of carbonyl (C=O) groups is 2. The van der Waals surface area contributed by atoms with Gasteiger partial charge in [-0.25, -0.2) is 9.59 Å². The van der Waals surface area contributed by atoms with Gasteiger partial charge in [-0.15, -0.1) is 0 Å². The van der Waals surface area contributed by atoms with Crippen LogP contribution in [0.2, 0.25) is 0 Å². The molecule has 0 unspecified atom stereocenters. The van der Waals surface area contributed by atoms with Gasteiger partial charge in [-0.1, -0.05) is 5.75 Å². The van der Waals surface area contributed by atoms with Gasteiger partial charge in [0.2, 0.25) is 0 Å². The van der Waals surface area contributed by atoms with Crippen molar-refractivity contribution in [1.82, 2.24) is 0 Å². The monoisotopic (exact) mass is 453 g/mol. The molecular formula is C25H27NO7. The maximum atomic E-state index is 12.9. The summed E-state index contributed by atoms with van der Waals surface area (Å²) >= 11 is 0. The van der Waals surface area contributed by atoms with Crippen LogP contribution in [0.3, 0.4) is 0 Å². The molecule has 8 heteroatoms. The number of hydrogen-bond acceptors (Lipinski definition) is 7. The van der Waals surface area contributed by atoms with Gasteiger partial charge in [0.15, 0.2) is 0 Å². The Morgan fingerprint density at radius 1 is 1.12 bits per heavy atom. The summed E-state index contributed by atoms with van der Waals surface area (Å²) in [6, 6.07) is 8.63. The molecular weight excluding hydrogens is 426 g/mol. The number of methoxy groups -OCH3 is 1. The summed E-state index contributed by atoms with van der Waals surface area (Å²) in [6.07, 6.45) is 0.279. The van der Waals surface area contributed by atoms with Crippen LogP contribution in [0.4, 0.5) is 5.69 Å². The maximum Gasteiger partial charge on any atom is 0.339 e. The van der Waals surface area contributed by atoms with E-state index in [1.807, 2.05) is 5.32 Å². The lowest BCUT2D eigenvalue weighted by molar-refractivity contribution is -0.589. The Balaban J connectivity index is 1.89. The summed E-state index contributed by atoms with van der Waals surface area (Å²) in [4.78, 5) is 35.8. The largest absolute Gasteiger partial charge is 0.872 e. The molecule has 0 bridgehead atoms. The molecule has 0 saturated carbocycles. The van der Waals surface area contributed by atoms with Crippen molar-refractivity contribution < 1.29 is 33.9 Å². The third-order valence-electron chi connectivity index (χ3n) is 5.61. The van der Waals surface area contributed by atoms with E-state index in [2.05, 4.69) is 0 Å². The van der Waals surface area contributed by atoms with E-state index in [1.54, 1.807) is 51.1 Å². The van der Waals surface area contributed by atoms with Gasteiger partial charge < -0.3 is 24.3 Å². The van der Waals surface area contributed by atoms with Crippen molar-refractivity contribution in [1.29, 1.82) is 0 Å². The number of benzene rings is 2. The average molecular weight is 453 g/mol. The Morgan fingerprint density at radius 2 is 1.82 bits per heavy atom. The van der Waals surface area contributed by atoms with Gasteiger partial charge >= 0.3 is 17.6 Å². The Morgan fingerprint density at radius 3 is 2.45 bits per heavy atom. The summed E-state index contributed by atoms with van der Waals surface area (Å²) in [7, 11) is 1.33. The molecule has 33 heavy (non-hydrogen) atoms. The van der Waals surface area contributed by atoms with E-state index in [4.69, 9.17) is 13.9 Å². The van der Waals surface area contributed by atoms with Gasteiger partial charge in [0.1, 0.15) is 17.8 Å². The highest BCUT2D eigenvalue weighted by Crippen LogP contribution is 2.30. The van der Waals surface area contributed by atoms with Crippen LogP contribution in [0, 0.1) is 13.8 Å². The topological polar surface area (TPSA) is 122 Å². The van der Waals surface area contributed by atoms with Gasteiger partial charge in [-0.05, 0) is 74.2 Å². The molecule has 0 amide bonds. The third kappa shape index (κ3) is 5.23. The van der Waals surface area contributed by atoms with Gasteiger partial charge in [0.25, 0.3) is 0 Å². The molecule has 0 spiro atoms. The number of nitrogens with two attached hydrogens (primary N) is 1. The van der Waals surface area contributed by atoms with Crippen molar-refractivity contribution in [2.24, 2.45) is 0 Å². The van der Waals surface area contributed by atoms with Crippen LogP contribution in [0.5, 0.6) is 5.75 Å². The molecule has 0 fully saturated rings. The third-order valence-corrected chi connectivity index (χ3v) is 5.61. The standard InChI is InChI=1S/C25H27NO7/c1-5-32-21(27)11-10-19-14(2)20-12-17(22(28)15(3)23(20)33-25(19)30)13-26-18-8-6-16(7-9-18)24(29)31-4/h6-9,12,26,28H,5,10-11,13H2,1-4H3. The average Bonchev–Trinajstić information content (AvgIpc) is 2.81. The Kier molecular flexibility index (Phi) is 7.50. The zero-order chi connectivity index (χ0) is 24.1. The van der Waals surface area contributed by atoms with E-state index in [0.717, 1.165) is 5.69 Å². The predicted molar refractivity (Wildman–Crippen MR) is 119 cm³/mol. The van der Waals surface area contributed by atoms with Crippen LogP contribution >= 0.6 is 0 Å². The van der Waals surface area contributed by atoms with Gasteiger partial charge in [0, 0.05) is 17.4 Å². The quantitative estimate of drug-likeness (QED) is 0.315.